The number of hydrogen-bond acceptors (Lipinski definition) is 3. The molecule has 0 aliphatic heterocycles. The Kier molecular flexibility index (Phi) is 5.83. The number of nitrogens with two attached hydrogens (primary N) is 1. The van der Waals surface area contributed by atoms with Crippen LogP contribution in [0.3, 0.4) is 0 Å². The van der Waals surface area contributed by atoms with Gasteiger partial charge in [-0.25, -0.2) is 10.6 Å². The number of aryl methyl sites for hydroxylation is 1. The van der Waals surface area contributed by atoms with Gasteiger partial charge in [0.1, 0.15) is 6.10 Å². The first-order valence-corrected chi connectivity index (χ1v) is 6.64. The lowest BCUT2D eigenvalue weighted by Crippen LogP contribution is -2.38. The van der Waals surface area contributed by atoms with Crippen molar-refractivity contribution in [3.8, 4) is 0 Å². The summed E-state index contributed by atoms with van der Waals surface area (Å²) in [5.41, 5.74) is 3.22. The second kappa shape index (κ2) is 7.14. The van der Waals surface area contributed by atoms with Gasteiger partial charge in [0, 0.05) is 0 Å². The van der Waals surface area contributed by atoms with Crippen molar-refractivity contribution in [1.82, 2.24) is 5.43 Å². The van der Waals surface area contributed by atoms with Crippen molar-refractivity contribution in [3.63, 3.8) is 0 Å². The average molecular weight is 264 g/mol. The van der Waals surface area contributed by atoms with Crippen molar-refractivity contribution >= 4 is 6.09 Å². The summed E-state index contributed by atoms with van der Waals surface area (Å²) in [6.45, 7) is 6.18. The summed E-state index contributed by atoms with van der Waals surface area (Å²) in [5.74, 6) is 5.06. The van der Waals surface area contributed by atoms with E-state index in [0.29, 0.717) is 0 Å². The third-order valence-electron chi connectivity index (χ3n) is 3.11. The number of benzene rings is 1. The highest BCUT2D eigenvalue weighted by atomic mass is 16.6. The molecule has 0 spiro atoms. The smallest absolute Gasteiger partial charge is 0.421 e. The van der Waals surface area contributed by atoms with E-state index >= 15 is 0 Å². The van der Waals surface area contributed by atoms with E-state index in [4.69, 9.17) is 10.6 Å². The van der Waals surface area contributed by atoms with Gasteiger partial charge in [0.05, 0.1) is 0 Å². The zero-order chi connectivity index (χ0) is 14.3. The molecule has 0 fully saturated rings. The van der Waals surface area contributed by atoms with Crippen LogP contribution >= 0.6 is 0 Å². The Morgan fingerprint density at radius 3 is 2.47 bits per heavy atom. The van der Waals surface area contributed by atoms with Crippen LogP contribution in [0.2, 0.25) is 0 Å². The number of hydrazine groups is 1. The molecule has 1 atom stereocenters. The minimum Gasteiger partial charge on any atom is -0.445 e. The van der Waals surface area contributed by atoms with E-state index in [1.807, 2.05) is 23.6 Å². The molecular formula is C15H24N2O2. The summed E-state index contributed by atoms with van der Waals surface area (Å²) in [4.78, 5) is 11.2. The van der Waals surface area contributed by atoms with Crippen molar-refractivity contribution in [2.45, 2.75) is 46.1 Å². The van der Waals surface area contributed by atoms with E-state index in [1.54, 1.807) is 0 Å². The number of ether oxygens (including phenoxy) is 1. The van der Waals surface area contributed by atoms with Gasteiger partial charge in [-0.05, 0) is 30.2 Å². The van der Waals surface area contributed by atoms with Crippen LogP contribution in [0.25, 0.3) is 0 Å². The van der Waals surface area contributed by atoms with Gasteiger partial charge in [0.25, 0.3) is 0 Å². The summed E-state index contributed by atoms with van der Waals surface area (Å²) < 4.78 is 5.33. The molecule has 0 heterocycles. The molecule has 0 aromatic heterocycles. The maximum absolute atomic E-state index is 11.2. The Morgan fingerprint density at radius 2 is 1.95 bits per heavy atom. The van der Waals surface area contributed by atoms with Crippen LogP contribution in [0.1, 0.15) is 39.2 Å². The standard InChI is InChI=1S/C15H24N2O2/c1-15(2,3)13(19-14(18)17-16)11-7-10-12-8-5-4-6-9-12/h4-6,8-9,13H,7,10-11,16H2,1-3H3,(H,17,18)/t13-/m1/s1. The van der Waals surface area contributed by atoms with Gasteiger partial charge in [-0.2, -0.15) is 0 Å². The van der Waals surface area contributed by atoms with Gasteiger partial charge in [-0.1, -0.05) is 51.1 Å². The lowest BCUT2D eigenvalue weighted by atomic mass is 9.85. The molecule has 0 unspecified atom stereocenters. The number of carbonyl (C=O) groups is 1. The fraction of sp³-hybridized carbons (Fsp3) is 0.533. The van der Waals surface area contributed by atoms with Crippen LogP contribution < -0.4 is 11.3 Å². The second-order valence-electron chi connectivity index (χ2n) is 5.78. The molecule has 1 aromatic carbocycles. The molecule has 1 amide bonds. The summed E-state index contributed by atoms with van der Waals surface area (Å²) in [6, 6.07) is 10.3. The van der Waals surface area contributed by atoms with E-state index in [9.17, 15) is 4.79 Å². The Labute approximate surface area is 115 Å². The van der Waals surface area contributed by atoms with Crippen LogP contribution in [0.4, 0.5) is 4.79 Å². The quantitative estimate of drug-likeness (QED) is 0.488. The van der Waals surface area contributed by atoms with Gasteiger partial charge >= 0.3 is 6.09 Å². The molecule has 0 bridgehead atoms. The molecule has 1 rings (SSSR count). The van der Waals surface area contributed by atoms with Gasteiger partial charge < -0.3 is 4.74 Å². The highest BCUT2D eigenvalue weighted by Gasteiger charge is 2.27. The molecular weight excluding hydrogens is 240 g/mol. The largest absolute Gasteiger partial charge is 0.445 e. The monoisotopic (exact) mass is 264 g/mol. The molecule has 19 heavy (non-hydrogen) atoms. The molecule has 1 aromatic rings. The van der Waals surface area contributed by atoms with E-state index < -0.39 is 6.09 Å². The Morgan fingerprint density at radius 1 is 1.32 bits per heavy atom. The molecule has 4 nitrogen and oxygen atoms in total. The van der Waals surface area contributed by atoms with E-state index in [1.165, 1.54) is 5.56 Å². The Hall–Kier alpha value is -1.55. The molecule has 0 radical (unpaired) electrons. The van der Waals surface area contributed by atoms with Gasteiger partial charge in [-0.15, -0.1) is 0 Å². The average Bonchev–Trinajstić information content (AvgIpc) is 2.37. The number of nitrogens with one attached hydrogen (secondary N) is 1. The fourth-order valence-electron chi connectivity index (χ4n) is 1.97. The minimum atomic E-state index is -0.570. The minimum absolute atomic E-state index is 0.0940. The van der Waals surface area contributed by atoms with Crippen LogP contribution in [-0.2, 0) is 11.2 Å². The maximum atomic E-state index is 11.2. The van der Waals surface area contributed by atoms with Gasteiger partial charge in [-0.3, -0.25) is 5.43 Å². The molecule has 106 valence electrons. The van der Waals surface area contributed by atoms with E-state index in [-0.39, 0.29) is 11.5 Å². The lowest BCUT2D eigenvalue weighted by Gasteiger charge is -2.30. The first-order chi connectivity index (χ1) is 8.93. The number of amides is 1. The van der Waals surface area contributed by atoms with E-state index in [0.717, 1.165) is 19.3 Å². The van der Waals surface area contributed by atoms with Crippen molar-refractivity contribution < 1.29 is 9.53 Å². The highest BCUT2D eigenvalue weighted by Crippen LogP contribution is 2.26. The summed E-state index contributed by atoms with van der Waals surface area (Å²) in [7, 11) is 0. The fourth-order valence-corrected chi connectivity index (χ4v) is 1.97. The van der Waals surface area contributed by atoms with Crippen LogP contribution in [-0.4, -0.2) is 12.2 Å². The van der Waals surface area contributed by atoms with Crippen molar-refractivity contribution in [2.24, 2.45) is 11.3 Å². The summed E-state index contributed by atoms with van der Waals surface area (Å²) >= 11 is 0. The molecule has 3 N–H and O–H groups in total. The molecule has 0 saturated carbocycles. The van der Waals surface area contributed by atoms with Crippen molar-refractivity contribution in [2.75, 3.05) is 0 Å². The third-order valence-corrected chi connectivity index (χ3v) is 3.11. The highest BCUT2D eigenvalue weighted by molar-refractivity contribution is 5.66. The SMILES string of the molecule is CC(C)(C)[C@@H](CCCc1ccccc1)OC(=O)NN. The molecule has 0 aliphatic carbocycles. The predicted molar refractivity (Wildman–Crippen MR) is 76.4 cm³/mol. The first-order valence-electron chi connectivity index (χ1n) is 6.64. The number of rotatable bonds is 5. The second-order valence-corrected chi connectivity index (χ2v) is 5.78. The summed E-state index contributed by atoms with van der Waals surface area (Å²) in [5, 5.41) is 0. The zero-order valence-corrected chi connectivity index (χ0v) is 12.0. The maximum Gasteiger partial charge on any atom is 0.421 e. The third kappa shape index (κ3) is 5.75. The number of hydrogen-bond donors (Lipinski definition) is 2. The van der Waals surface area contributed by atoms with Crippen molar-refractivity contribution in [3.05, 3.63) is 35.9 Å². The molecule has 0 saturated heterocycles. The van der Waals surface area contributed by atoms with E-state index in [2.05, 4.69) is 32.9 Å². The van der Waals surface area contributed by atoms with Crippen molar-refractivity contribution in [1.29, 1.82) is 0 Å². The molecule has 0 aliphatic rings. The Balaban J connectivity index is 2.47. The first kappa shape index (κ1) is 15.5. The topological polar surface area (TPSA) is 64.3 Å². The lowest BCUT2D eigenvalue weighted by molar-refractivity contribution is 0.0249. The number of carbonyl (C=O) groups excluding carboxylic acids is 1. The normalized spacial score (nSPS) is 12.8. The van der Waals surface area contributed by atoms with Gasteiger partial charge in [0.15, 0.2) is 0 Å². The zero-order valence-electron chi connectivity index (χ0n) is 12.0. The predicted octanol–water partition coefficient (Wildman–Crippen LogP) is 3.02. The van der Waals surface area contributed by atoms with Crippen LogP contribution in [0.5, 0.6) is 0 Å². The van der Waals surface area contributed by atoms with Crippen LogP contribution in [0.15, 0.2) is 30.3 Å². The molecule has 4 heteroatoms. The van der Waals surface area contributed by atoms with Crippen LogP contribution in [0, 0.1) is 5.41 Å². The summed E-state index contributed by atoms with van der Waals surface area (Å²) in [6.07, 6.45) is 2.08. The van der Waals surface area contributed by atoms with Gasteiger partial charge in [0.2, 0.25) is 0 Å². The Bertz CT molecular complexity index is 385.